The lowest BCUT2D eigenvalue weighted by molar-refractivity contribution is -0.134. The highest BCUT2D eigenvalue weighted by Crippen LogP contribution is 2.18. The predicted octanol–water partition coefficient (Wildman–Crippen LogP) is 2.45. The maximum atomic E-state index is 12.2. The predicted molar refractivity (Wildman–Crippen MR) is 109 cm³/mol. The first-order valence-corrected chi connectivity index (χ1v) is 9.30. The van der Waals surface area contributed by atoms with E-state index in [1.54, 1.807) is 19.1 Å². The summed E-state index contributed by atoms with van der Waals surface area (Å²) in [5, 5.41) is 2.88. The highest BCUT2D eigenvalue weighted by Gasteiger charge is 2.14. The quantitative estimate of drug-likeness (QED) is 0.683. The summed E-state index contributed by atoms with van der Waals surface area (Å²) in [5.41, 5.74) is 2.12. The largest absolute Gasteiger partial charge is 0.497 e. The Morgan fingerprint density at radius 2 is 1.68 bits per heavy atom. The van der Waals surface area contributed by atoms with Crippen LogP contribution < -0.4 is 14.8 Å². The van der Waals surface area contributed by atoms with E-state index in [2.05, 4.69) is 5.32 Å². The molecule has 2 rings (SSSR count). The molecule has 6 heteroatoms. The van der Waals surface area contributed by atoms with E-state index in [1.165, 1.54) is 6.92 Å². The van der Waals surface area contributed by atoms with Crippen molar-refractivity contribution in [3.63, 3.8) is 0 Å². The van der Waals surface area contributed by atoms with Gasteiger partial charge in [-0.3, -0.25) is 9.59 Å². The number of methoxy groups -OCH3 is 2. The third-order valence-electron chi connectivity index (χ3n) is 4.52. The van der Waals surface area contributed by atoms with Gasteiger partial charge in [-0.05, 0) is 42.2 Å². The molecule has 0 aliphatic rings. The second kappa shape index (κ2) is 11.0. The number of ether oxygens (including phenoxy) is 2. The van der Waals surface area contributed by atoms with Gasteiger partial charge in [0.1, 0.15) is 11.5 Å². The topological polar surface area (TPSA) is 67.9 Å². The standard InChI is InChI=1S/C22H28N2O4/c1-17(25)24(15-13-19-6-4-5-7-21(19)28-3)16-22(26)23-14-12-18-8-10-20(27-2)11-9-18/h4-11H,12-16H2,1-3H3,(H,23,26). The third kappa shape index (κ3) is 6.61. The molecule has 6 nitrogen and oxygen atoms in total. The highest BCUT2D eigenvalue weighted by molar-refractivity contribution is 5.83. The number of para-hydroxylation sites is 1. The minimum atomic E-state index is -0.163. The molecule has 0 saturated carbocycles. The van der Waals surface area contributed by atoms with Gasteiger partial charge in [0.15, 0.2) is 0 Å². The molecule has 1 N–H and O–H groups in total. The summed E-state index contributed by atoms with van der Waals surface area (Å²) >= 11 is 0. The molecule has 0 unspecified atom stereocenters. The fourth-order valence-electron chi connectivity index (χ4n) is 2.88. The zero-order chi connectivity index (χ0) is 20.4. The van der Waals surface area contributed by atoms with E-state index in [9.17, 15) is 9.59 Å². The molecule has 0 radical (unpaired) electrons. The van der Waals surface area contributed by atoms with Crippen LogP contribution in [-0.2, 0) is 22.4 Å². The summed E-state index contributed by atoms with van der Waals surface area (Å²) < 4.78 is 10.5. The average Bonchev–Trinajstić information content (AvgIpc) is 2.71. The Labute approximate surface area is 166 Å². The Morgan fingerprint density at radius 1 is 0.964 bits per heavy atom. The Bertz CT molecular complexity index is 774. The monoisotopic (exact) mass is 384 g/mol. The molecule has 0 aliphatic carbocycles. The van der Waals surface area contributed by atoms with E-state index < -0.39 is 0 Å². The Hall–Kier alpha value is -3.02. The van der Waals surface area contributed by atoms with Crippen LogP contribution in [0.2, 0.25) is 0 Å². The number of carbonyl (C=O) groups is 2. The molecule has 150 valence electrons. The van der Waals surface area contributed by atoms with Crippen LogP contribution >= 0.6 is 0 Å². The number of rotatable bonds is 10. The van der Waals surface area contributed by atoms with Gasteiger partial charge in [0.2, 0.25) is 11.8 Å². The van der Waals surface area contributed by atoms with Crippen LogP contribution in [0.3, 0.4) is 0 Å². The lowest BCUT2D eigenvalue weighted by atomic mass is 10.1. The Kier molecular flexibility index (Phi) is 8.34. The van der Waals surface area contributed by atoms with Crippen LogP contribution in [0.5, 0.6) is 11.5 Å². The van der Waals surface area contributed by atoms with Crippen LogP contribution in [-0.4, -0.2) is 50.6 Å². The van der Waals surface area contributed by atoms with Crippen molar-refractivity contribution in [2.24, 2.45) is 0 Å². The first-order chi connectivity index (χ1) is 13.5. The van der Waals surface area contributed by atoms with Gasteiger partial charge in [-0.1, -0.05) is 30.3 Å². The second-order valence-corrected chi connectivity index (χ2v) is 6.45. The zero-order valence-electron chi connectivity index (χ0n) is 16.7. The van der Waals surface area contributed by atoms with Crippen LogP contribution in [0, 0.1) is 0 Å². The molecule has 0 bridgehead atoms. The van der Waals surface area contributed by atoms with E-state index in [0.717, 1.165) is 29.0 Å². The number of hydrogen-bond acceptors (Lipinski definition) is 4. The van der Waals surface area contributed by atoms with Crippen molar-refractivity contribution >= 4 is 11.8 Å². The van der Waals surface area contributed by atoms with Gasteiger partial charge < -0.3 is 19.7 Å². The Morgan fingerprint density at radius 3 is 2.32 bits per heavy atom. The molecule has 2 aromatic rings. The maximum absolute atomic E-state index is 12.2. The minimum Gasteiger partial charge on any atom is -0.497 e. The summed E-state index contributed by atoms with van der Waals surface area (Å²) in [6.07, 6.45) is 1.35. The number of nitrogens with one attached hydrogen (secondary N) is 1. The van der Waals surface area contributed by atoms with Gasteiger partial charge >= 0.3 is 0 Å². The van der Waals surface area contributed by atoms with Gasteiger partial charge in [0.05, 0.1) is 20.8 Å². The molecule has 0 aromatic heterocycles. The molecular formula is C22H28N2O4. The zero-order valence-corrected chi connectivity index (χ0v) is 16.7. The van der Waals surface area contributed by atoms with Gasteiger partial charge in [0.25, 0.3) is 0 Å². The van der Waals surface area contributed by atoms with E-state index in [0.29, 0.717) is 19.5 Å². The van der Waals surface area contributed by atoms with E-state index in [-0.39, 0.29) is 18.4 Å². The van der Waals surface area contributed by atoms with Crippen molar-refractivity contribution in [1.29, 1.82) is 0 Å². The van der Waals surface area contributed by atoms with Gasteiger partial charge in [-0.2, -0.15) is 0 Å². The highest BCUT2D eigenvalue weighted by atomic mass is 16.5. The summed E-state index contributed by atoms with van der Waals surface area (Å²) in [7, 11) is 3.25. The van der Waals surface area contributed by atoms with Gasteiger partial charge in [0, 0.05) is 20.0 Å². The molecule has 28 heavy (non-hydrogen) atoms. The van der Waals surface area contributed by atoms with Crippen molar-refractivity contribution in [1.82, 2.24) is 10.2 Å². The fourth-order valence-corrected chi connectivity index (χ4v) is 2.88. The molecule has 0 atom stereocenters. The molecule has 2 aromatic carbocycles. The van der Waals surface area contributed by atoms with Crippen molar-refractivity contribution < 1.29 is 19.1 Å². The van der Waals surface area contributed by atoms with Gasteiger partial charge in [-0.25, -0.2) is 0 Å². The van der Waals surface area contributed by atoms with Crippen LogP contribution in [0.25, 0.3) is 0 Å². The second-order valence-electron chi connectivity index (χ2n) is 6.45. The lowest BCUT2D eigenvalue weighted by Crippen LogP contribution is -2.41. The van der Waals surface area contributed by atoms with E-state index in [4.69, 9.17) is 9.47 Å². The molecule has 0 aliphatic heterocycles. The van der Waals surface area contributed by atoms with Gasteiger partial charge in [-0.15, -0.1) is 0 Å². The summed E-state index contributed by atoms with van der Waals surface area (Å²) in [6.45, 7) is 2.50. The lowest BCUT2D eigenvalue weighted by Gasteiger charge is -2.21. The number of benzene rings is 2. The first kappa shape index (κ1) is 21.3. The Balaban J connectivity index is 1.80. The van der Waals surface area contributed by atoms with E-state index in [1.807, 2.05) is 48.5 Å². The number of amides is 2. The van der Waals surface area contributed by atoms with Crippen LogP contribution in [0.4, 0.5) is 0 Å². The molecule has 0 spiro atoms. The maximum Gasteiger partial charge on any atom is 0.239 e. The third-order valence-corrected chi connectivity index (χ3v) is 4.52. The fraction of sp³-hybridized carbons (Fsp3) is 0.364. The summed E-state index contributed by atoms with van der Waals surface area (Å²) in [5.74, 6) is 1.30. The number of hydrogen-bond donors (Lipinski definition) is 1. The van der Waals surface area contributed by atoms with Crippen molar-refractivity contribution in [3.05, 3.63) is 59.7 Å². The number of nitrogens with zero attached hydrogens (tertiary/aromatic N) is 1. The number of carbonyl (C=O) groups excluding carboxylic acids is 2. The van der Waals surface area contributed by atoms with Crippen molar-refractivity contribution in [2.45, 2.75) is 19.8 Å². The molecule has 0 heterocycles. The van der Waals surface area contributed by atoms with Crippen LogP contribution in [0.15, 0.2) is 48.5 Å². The summed E-state index contributed by atoms with van der Waals surface area (Å²) in [6, 6.07) is 15.4. The molecule has 2 amide bonds. The molecular weight excluding hydrogens is 356 g/mol. The minimum absolute atomic E-state index is 0.0487. The normalized spacial score (nSPS) is 10.2. The van der Waals surface area contributed by atoms with Crippen LogP contribution in [0.1, 0.15) is 18.1 Å². The first-order valence-electron chi connectivity index (χ1n) is 9.30. The summed E-state index contributed by atoms with van der Waals surface area (Å²) in [4.78, 5) is 25.7. The average molecular weight is 384 g/mol. The smallest absolute Gasteiger partial charge is 0.239 e. The SMILES string of the molecule is COc1ccc(CCNC(=O)CN(CCc2ccccc2OC)C(C)=O)cc1. The van der Waals surface area contributed by atoms with E-state index >= 15 is 0 Å². The van der Waals surface area contributed by atoms with Crippen molar-refractivity contribution in [3.8, 4) is 11.5 Å². The van der Waals surface area contributed by atoms with Crippen molar-refractivity contribution in [2.75, 3.05) is 33.9 Å². The molecule has 0 fully saturated rings. The molecule has 0 saturated heterocycles.